The van der Waals surface area contributed by atoms with Crippen LogP contribution in [0.4, 0.5) is 10.5 Å². The van der Waals surface area contributed by atoms with Crippen LogP contribution >= 0.6 is 11.6 Å². The van der Waals surface area contributed by atoms with Gasteiger partial charge < -0.3 is 20.5 Å². The zero-order valence-corrected chi connectivity index (χ0v) is 16.1. The van der Waals surface area contributed by atoms with Crippen molar-refractivity contribution < 1.29 is 4.79 Å². The number of halogens is 1. The maximum atomic E-state index is 12.4. The Balaban J connectivity index is 1.30. The second kappa shape index (κ2) is 7.61. The molecule has 4 rings (SSSR count). The number of urea groups is 1. The minimum atomic E-state index is -0.152. The molecule has 8 heteroatoms. The highest BCUT2D eigenvalue weighted by atomic mass is 35.5. The van der Waals surface area contributed by atoms with E-state index in [1.54, 1.807) is 23.1 Å². The smallest absolute Gasteiger partial charge is 0.321 e. The monoisotopic (exact) mass is 397 g/mol. The van der Waals surface area contributed by atoms with Crippen LogP contribution < -0.4 is 16.2 Å². The van der Waals surface area contributed by atoms with E-state index in [0.29, 0.717) is 47.1 Å². The number of carbonyl (C=O) groups excluding carboxylic acids is 1. The Morgan fingerprint density at radius 3 is 2.89 bits per heavy atom. The lowest BCUT2D eigenvalue weighted by atomic mass is 10.1. The molecule has 7 nitrogen and oxygen atoms in total. The van der Waals surface area contributed by atoms with Crippen LogP contribution in [-0.2, 0) is 6.54 Å². The third-order valence-corrected chi connectivity index (χ3v) is 5.07. The number of rotatable bonds is 4. The van der Waals surface area contributed by atoms with E-state index in [4.69, 9.17) is 11.6 Å². The first-order valence-electron chi connectivity index (χ1n) is 9.03. The Labute approximate surface area is 166 Å². The van der Waals surface area contributed by atoms with Gasteiger partial charge in [0.2, 0.25) is 0 Å². The standard InChI is InChI=1S/C20H20ClN5O2/c1-12-6-7-13(21)8-17(12)24-20(28)26-10-14(11-26)22-9-18-23-16-5-3-2-4-15(16)19(27)25-18/h2-8,14,22H,9-11H2,1H3,(H,24,28)(H,23,25,27). The Morgan fingerprint density at radius 2 is 2.07 bits per heavy atom. The number of nitrogens with one attached hydrogen (secondary N) is 3. The summed E-state index contributed by atoms with van der Waals surface area (Å²) in [6.07, 6.45) is 0. The molecule has 1 saturated heterocycles. The number of aromatic amines is 1. The number of fused-ring (bicyclic) bond motifs is 1. The van der Waals surface area contributed by atoms with Gasteiger partial charge in [0.05, 0.1) is 17.4 Å². The van der Waals surface area contributed by atoms with Gasteiger partial charge in [-0.2, -0.15) is 0 Å². The maximum absolute atomic E-state index is 12.4. The first-order chi connectivity index (χ1) is 13.5. The first kappa shape index (κ1) is 18.5. The number of likely N-dealkylation sites (tertiary alicyclic amines) is 1. The van der Waals surface area contributed by atoms with Gasteiger partial charge in [-0.05, 0) is 36.8 Å². The molecule has 1 aliphatic heterocycles. The maximum Gasteiger partial charge on any atom is 0.321 e. The van der Waals surface area contributed by atoms with Gasteiger partial charge in [-0.3, -0.25) is 4.79 Å². The number of aryl methyl sites for hydroxylation is 1. The third kappa shape index (κ3) is 3.85. The van der Waals surface area contributed by atoms with Crippen molar-refractivity contribution in [2.45, 2.75) is 19.5 Å². The van der Waals surface area contributed by atoms with Crippen molar-refractivity contribution in [3.63, 3.8) is 0 Å². The highest BCUT2D eigenvalue weighted by molar-refractivity contribution is 6.31. The number of para-hydroxylation sites is 1. The van der Waals surface area contributed by atoms with Crippen LogP contribution in [0.2, 0.25) is 5.02 Å². The molecule has 0 saturated carbocycles. The van der Waals surface area contributed by atoms with Crippen molar-refractivity contribution in [2.75, 3.05) is 18.4 Å². The van der Waals surface area contributed by atoms with Crippen LogP contribution in [-0.4, -0.2) is 40.0 Å². The Morgan fingerprint density at radius 1 is 1.29 bits per heavy atom. The first-order valence-corrected chi connectivity index (χ1v) is 9.41. The fourth-order valence-electron chi connectivity index (χ4n) is 3.16. The van der Waals surface area contributed by atoms with Gasteiger partial charge >= 0.3 is 6.03 Å². The minimum Gasteiger partial charge on any atom is -0.321 e. The molecule has 0 aliphatic carbocycles. The minimum absolute atomic E-state index is 0.145. The average molecular weight is 398 g/mol. The molecule has 0 radical (unpaired) electrons. The van der Waals surface area contributed by atoms with Crippen molar-refractivity contribution in [1.29, 1.82) is 0 Å². The molecule has 3 aromatic rings. The van der Waals surface area contributed by atoms with Gasteiger partial charge in [-0.15, -0.1) is 0 Å². The highest BCUT2D eigenvalue weighted by Crippen LogP contribution is 2.21. The summed E-state index contributed by atoms with van der Waals surface area (Å²) in [5.74, 6) is 0.584. The van der Waals surface area contributed by atoms with Crippen LogP contribution in [0.15, 0.2) is 47.3 Å². The van der Waals surface area contributed by atoms with E-state index < -0.39 is 0 Å². The van der Waals surface area contributed by atoms with Crippen LogP contribution in [0.5, 0.6) is 0 Å². The summed E-state index contributed by atoms with van der Waals surface area (Å²) >= 11 is 5.99. The van der Waals surface area contributed by atoms with Gasteiger partial charge in [0.15, 0.2) is 0 Å². The third-order valence-electron chi connectivity index (χ3n) is 4.83. The molecular formula is C20H20ClN5O2. The SMILES string of the molecule is Cc1ccc(Cl)cc1NC(=O)N1CC(NCc2nc3ccccc3c(=O)[nH]2)C1. The van der Waals surface area contributed by atoms with Crippen LogP contribution in [0.25, 0.3) is 10.9 Å². The average Bonchev–Trinajstić information content (AvgIpc) is 2.63. The number of aromatic nitrogens is 2. The van der Waals surface area contributed by atoms with Crippen molar-refractivity contribution in [2.24, 2.45) is 0 Å². The molecule has 2 amide bonds. The van der Waals surface area contributed by atoms with Gasteiger partial charge in [-0.25, -0.2) is 9.78 Å². The number of hydrogen-bond acceptors (Lipinski definition) is 4. The molecule has 0 atom stereocenters. The Hall–Kier alpha value is -2.90. The van der Waals surface area contributed by atoms with Crippen LogP contribution in [0, 0.1) is 6.92 Å². The van der Waals surface area contributed by atoms with E-state index in [0.717, 1.165) is 5.56 Å². The molecular weight excluding hydrogens is 378 g/mol. The number of nitrogens with zero attached hydrogens (tertiary/aromatic N) is 2. The largest absolute Gasteiger partial charge is 0.321 e. The molecule has 1 fully saturated rings. The number of hydrogen-bond donors (Lipinski definition) is 3. The zero-order valence-electron chi connectivity index (χ0n) is 15.3. The number of anilines is 1. The lowest BCUT2D eigenvalue weighted by Crippen LogP contribution is -2.60. The Kier molecular flexibility index (Phi) is 5.02. The van der Waals surface area contributed by atoms with E-state index in [-0.39, 0.29) is 17.6 Å². The zero-order chi connectivity index (χ0) is 19.7. The summed E-state index contributed by atoms with van der Waals surface area (Å²) in [5.41, 5.74) is 2.20. The van der Waals surface area contributed by atoms with E-state index in [1.165, 1.54) is 0 Å². The molecule has 1 aromatic heterocycles. The van der Waals surface area contributed by atoms with Crippen molar-refractivity contribution in [3.05, 3.63) is 69.2 Å². The molecule has 2 heterocycles. The molecule has 144 valence electrons. The van der Waals surface area contributed by atoms with Crippen molar-refractivity contribution in [1.82, 2.24) is 20.2 Å². The summed E-state index contributed by atoms with van der Waals surface area (Å²) in [7, 11) is 0. The number of amides is 2. The van der Waals surface area contributed by atoms with Gasteiger partial charge in [-0.1, -0.05) is 29.8 Å². The predicted octanol–water partition coefficient (Wildman–Crippen LogP) is 2.89. The van der Waals surface area contributed by atoms with Crippen LogP contribution in [0.3, 0.4) is 0 Å². The van der Waals surface area contributed by atoms with E-state index in [2.05, 4.69) is 20.6 Å². The molecule has 2 aromatic carbocycles. The summed E-state index contributed by atoms with van der Waals surface area (Å²) in [4.78, 5) is 33.4. The van der Waals surface area contributed by atoms with Crippen molar-refractivity contribution in [3.8, 4) is 0 Å². The highest BCUT2D eigenvalue weighted by Gasteiger charge is 2.30. The van der Waals surface area contributed by atoms with E-state index in [1.807, 2.05) is 31.2 Å². The van der Waals surface area contributed by atoms with E-state index in [9.17, 15) is 9.59 Å². The van der Waals surface area contributed by atoms with Gasteiger partial charge in [0.25, 0.3) is 5.56 Å². The van der Waals surface area contributed by atoms with Gasteiger partial charge in [0, 0.05) is 29.8 Å². The predicted molar refractivity (Wildman–Crippen MR) is 110 cm³/mol. The van der Waals surface area contributed by atoms with E-state index >= 15 is 0 Å². The topological polar surface area (TPSA) is 90.1 Å². The lowest BCUT2D eigenvalue weighted by molar-refractivity contribution is 0.148. The molecule has 1 aliphatic rings. The molecule has 0 spiro atoms. The number of benzene rings is 2. The molecule has 0 bridgehead atoms. The molecule has 0 unspecified atom stereocenters. The normalized spacial score (nSPS) is 14.1. The fraction of sp³-hybridized carbons (Fsp3) is 0.250. The van der Waals surface area contributed by atoms with Gasteiger partial charge in [0.1, 0.15) is 5.82 Å². The lowest BCUT2D eigenvalue weighted by Gasteiger charge is -2.39. The summed E-state index contributed by atoms with van der Waals surface area (Å²) in [6.45, 7) is 3.53. The Bertz CT molecular complexity index is 1090. The number of H-pyrrole nitrogens is 1. The second-order valence-electron chi connectivity index (χ2n) is 6.90. The summed E-state index contributed by atoms with van der Waals surface area (Å²) in [6, 6.07) is 12.7. The van der Waals surface area contributed by atoms with Crippen molar-refractivity contribution >= 4 is 34.2 Å². The number of carbonyl (C=O) groups is 1. The summed E-state index contributed by atoms with van der Waals surface area (Å²) < 4.78 is 0. The fourth-order valence-corrected chi connectivity index (χ4v) is 3.33. The second-order valence-corrected chi connectivity index (χ2v) is 7.34. The van der Waals surface area contributed by atoms with Crippen LogP contribution in [0.1, 0.15) is 11.4 Å². The quantitative estimate of drug-likeness (QED) is 0.631. The molecule has 28 heavy (non-hydrogen) atoms. The summed E-state index contributed by atoms with van der Waals surface area (Å²) in [5, 5.41) is 7.37. The molecule has 3 N–H and O–H groups in total.